The van der Waals surface area contributed by atoms with Gasteiger partial charge in [0.1, 0.15) is 5.82 Å². The predicted molar refractivity (Wildman–Crippen MR) is 64.5 cm³/mol. The van der Waals surface area contributed by atoms with E-state index in [4.69, 9.17) is 11.6 Å². The van der Waals surface area contributed by atoms with Crippen molar-refractivity contribution in [2.24, 2.45) is 0 Å². The summed E-state index contributed by atoms with van der Waals surface area (Å²) < 4.78 is 14.4. The van der Waals surface area contributed by atoms with Crippen molar-refractivity contribution in [1.82, 2.24) is 0 Å². The van der Waals surface area contributed by atoms with E-state index in [-0.39, 0.29) is 5.82 Å². The fraction of sp³-hybridized carbons (Fsp3) is 0. The van der Waals surface area contributed by atoms with Crippen molar-refractivity contribution in [3.05, 3.63) is 57.8 Å². The van der Waals surface area contributed by atoms with Crippen LogP contribution in [-0.2, 0) is 0 Å². The molecule has 0 aromatic heterocycles. The van der Waals surface area contributed by atoms with Gasteiger partial charge in [0.05, 0.1) is 5.02 Å². The maximum Gasteiger partial charge on any atom is 0.132 e. The smallest absolute Gasteiger partial charge is 0.132 e. The molecule has 0 nitrogen and oxygen atoms in total. The number of hydrogen-bond acceptors (Lipinski definition) is 0. The number of hydrogen-bond donors (Lipinski definition) is 0. The molecule has 0 aliphatic heterocycles. The lowest BCUT2D eigenvalue weighted by Crippen LogP contribution is -1.86. The molecule has 2 aromatic carbocycles. The lowest BCUT2D eigenvalue weighted by Gasteiger charge is -2.07. The summed E-state index contributed by atoms with van der Waals surface area (Å²) >= 11 is 9.35. The minimum atomic E-state index is -0.311. The normalized spacial score (nSPS) is 10.3. The van der Waals surface area contributed by atoms with Crippen LogP contribution in [-0.4, -0.2) is 0 Å². The standard InChI is InChI=1S/C12H7BrClF/c13-9-5-2-1-4-8(9)12-10(14)6-3-7-11(12)15/h1-7H. The van der Waals surface area contributed by atoms with Crippen LogP contribution >= 0.6 is 27.5 Å². The van der Waals surface area contributed by atoms with E-state index in [2.05, 4.69) is 15.9 Å². The van der Waals surface area contributed by atoms with E-state index >= 15 is 0 Å². The highest BCUT2D eigenvalue weighted by Crippen LogP contribution is 2.34. The van der Waals surface area contributed by atoms with E-state index in [0.717, 1.165) is 10.0 Å². The summed E-state index contributed by atoms with van der Waals surface area (Å²) in [6, 6.07) is 12.1. The largest absolute Gasteiger partial charge is 0.206 e. The SMILES string of the molecule is Fc1cccc(Cl)c1-c1ccccc1Br. The van der Waals surface area contributed by atoms with Crippen LogP contribution in [0.2, 0.25) is 5.02 Å². The van der Waals surface area contributed by atoms with Gasteiger partial charge in [-0.25, -0.2) is 4.39 Å². The van der Waals surface area contributed by atoms with Crippen molar-refractivity contribution in [2.75, 3.05) is 0 Å². The summed E-state index contributed by atoms with van der Waals surface area (Å²) in [7, 11) is 0. The second-order valence-electron chi connectivity index (χ2n) is 3.08. The van der Waals surface area contributed by atoms with Crippen molar-refractivity contribution < 1.29 is 4.39 Å². The molecule has 0 heterocycles. The molecule has 2 rings (SSSR count). The van der Waals surface area contributed by atoms with Crippen LogP contribution in [0.15, 0.2) is 46.9 Å². The maximum atomic E-state index is 13.6. The van der Waals surface area contributed by atoms with Crippen LogP contribution in [0.25, 0.3) is 11.1 Å². The molecule has 0 aliphatic rings. The highest BCUT2D eigenvalue weighted by molar-refractivity contribution is 9.10. The molecule has 0 fully saturated rings. The van der Waals surface area contributed by atoms with Crippen LogP contribution in [0.1, 0.15) is 0 Å². The molecule has 0 unspecified atom stereocenters. The third-order valence-corrected chi connectivity index (χ3v) is 3.11. The average molecular weight is 286 g/mol. The Labute approximate surface area is 101 Å². The van der Waals surface area contributed by atoms with Crippen LogP contribution in [0.4, 0.5) is 4.39 Å². The van der Waals surface area contributed by atoms with Gasteiger partial charge in [-0.3, -0.25) is 0 Å². The Morgan fingerprint density at radius 3 is 2.40 bits per heavy atom. The summed E-state index contributed by atoms with van der Waals surface area (Å²) in [5.74, 6) is -0.311. The van der Waals surface area contributed by atoms with Crippen molar-refractivity contribution in [1.29, 1.82) is 0 Å². The fourth-order valence-corrected chi connectivity index (χ4v) is 2.17. The summed E-state index contributed by atoms with van der Waals surface area (Å²) in [5, 5.41) is 0.418. The monoisotopic (exact) mass is 284 g/mol. The van der Waals surface area contributed by atoms with Gasteiger partial charge in [0.2, 0.25) is 0 Å². The molecule has 0 bridgehead atoms. The molecule has 0 radical (unpaired) electrons. The van der Waals surface area contributed by atoms with E-state index in [1.807, 2.05) is 24.3 Å². The first-order valence-corrected chi connectivity index (χ1v) is 5.56. The lowest BCUT2D eigenvalue weighted by molar-refractivity contribution is 0.631. The number of benzene rings is 2. The molecular formula is C12H7BrClF. The van der Waals surface area contributed by atoms with Crippen molar-refractivity contribution in [2.45, 2.75) is 0 Å². The zero-order chi connectivity index (χ0) is 10.8. The van der Waals surface area contributed by atoms with Gasteiger partial charge < -0.3 is 0 Å². The molecule has 0 aliphatic carbocycles. The summed E-state index contributed by atoms with van der Waals surface area (Å²) in [4.78, 5) is 0. The fourth-order valence-electron chi connectivity index (χ4n) is 1.42. The van der Waals surface area contributed by atoms with Crippen LogP contribution in [0.3, 0.4) is 0 Å². The molecule has 0 saturated carbocycles. The molecule has 0 spiro atoms. The third kappa shape index (κ3) is 2.06. The highest BCUT2D eigenvalue weighted by atomic mass is 79.9. The van der Waals surface area contributed by atoms with Crippen molar-refractivity contribution >= 4 is 27.5 Å². The van der Waals surface area contributed by atoms with Crippen molar-refractivity contribution in [3.8, 4) is 11.1 Å². The topological polar surface area (TPSA) is 0 Å². The van der Waals surface area contributed by atoms with E-state index in [0.29, 0.717) is 10.6 Å². The minimum Gasteiger partial charge on any atom is -0.206 e. The molecule has 0 saturated heterocycles. The quantitative estimate of drug-likeness (QED) is 0.698. The molecule has 15 heavy (non-hydrogen) atoms. The molecule has 76 valence electrons. The molecular weight excluding hydrogens is 278 g/mol. The first kappa shape index (κ1) is 10.7. The van der Waals surface area contributed by atoms with Gasteiger partial charge >= 0.3 is 0 Å². The average Bonchev–Trinajstić information content (AvgIpc) is 2.20. The van der Waals surface area contributed by atoms with Gasteiger partial charge in [-0.2, -0.15) is 0 Å². The Bertz CT molecular complexity index is 476. The van der Waals surface area contributed by atoms with Gasteiger partial charge in [0.15, 0.2) is 0 Å². The Morgan fingerprint density at radius 2 is 1.73 bits per heavy atom. The molecule has 2 aromatic rings. The Morgan fingerprint density at radius 1 is 1.00 bits per heavy atom. The van der Waals surface area contributed by atoms with Gasteiger partial charge in [-0.15, -0.1) is 0 Å². The molecule has 0 amide bonds. The first-order chi connectivity index (χ1) is 7.20. The number of rotatable bonds is 1. The van der Waals surface area contributed by atoms with E-state index < -0.39 is 0 Å². The second-order valence-corrected chi connectivity index (χ2v) is 4.34. The highest BCUT2D eigenvalue weighted by Gasteiger charge is 2.11. The van der Waals surface area contributed by atoms with Crippen LogP contribution in [0, 0.1) is 5.82 Å². The summed E-state index contributed by atoms with van der Waals surface area (Å²) in [5.41, 5.74) is 1.20. The van der Waals surface area contributed by atoms with Crippen LogP contribution < -0.4 is 0 Å². The Balaban J connectivity index is 2.69. The Hall–Kier alpha value is -0.860. The third-order valence-electron chi connectivity index (χ3n) is 2.11. The van der Waals surface area contributed by atoms with Gasteiger partial charge in [-0.1, -0.05) is 51.8 Å². The predicted octanol–water partition coefficient (Wildman–Crippen LogP) is 4.91. The summed E-state index contributed by atoms with van der Waals surface area (Å²) in [6.45, 7) is 0. The molecule has 0 N–H and O–H groups in total. The van der Waals surface area contributed by atoms with Gasteiger partial charge in [0, 0.05) is 15.6 Å². The van der Waals surface area contributed by atoms with Gasteiger partial charge in [-0.05, 0) is 18.2 Å². The zero-order valence-electron chi connectivity index (χ0n) is 7.68. The van der Waals surface area contributed by atoms with Crippen molar-refractivity contribution in [3.63, 3.8) is 0 Å². The van der Waals surface area contributed by atoms with Gasteiger partial charge in [0.25, 0.3) is 0 Å². The minimum absolute atomic E-state index is 0.311. The van der Waals surface area contributed by atoms with Crippen LogP contribution in [0.5, 0.6) is 0 Å². The van der Waals surface area contributed by atoms with E-state index in [1.54, 1.807) is 12.1 Å². The molecule has 0 atom stereocenters. The van der Waals surface area contributed by atoms with E-state index in [9.17, 15) is 4.39 Å². The maximum absolute atomic E-state index is 13.6. The number of halogens is 3. The molecule has 3 heteroatoms. The van der Waals surface area contributed by atoms with E-state index in [1.165, 1.54) is 6.07 Å². The first-order valence-electron chi connectivity index (χ1n) is 4.39. The second kappa shape index (κ2) is 4.33. The lowest BCUT2D eigenvalue weighted by atomic mass is 10.1. The zero-order valence-corrected chi connectivity index (χ0v) is 10.0. The Kier molecular flexibility index (Phi) is 3.08. The summed E-state index contributed by atoms with van der Waals surface area (Å²) in [6.07, 6.45) is 0.